The van der Waals surface area contributed by atoms with Crippen molar-refractivity contribution in [3.05, 3.63) is 0 Å². The Hall–Kier alpha value is 0.280. The van der Waals surface area contributed by atoms with Crippen LogP contribution in [0.25, 0.3) is 0 Å². The van der Waals surface area contributed by atoms with Gasteiger partial charge in [0.2, 0.25) is 0 Å². The zero-order chi connectivity index (χ0) is 3.41. The van der Waals surface area contributed by atoms with E-state index in [2.05, 4.69) is 16.7 Å². The Balaban J connectivity index is 3.11. The highest BCUT2D eigenvalue weighted by Gasteiger charge is 1.21. The van der Waals surface area contributed by atoms with E-state index in [0.29, 0.717) is 0 Å². The number of nitrogens with zero attached hydrogens (tertiary/aromatic N) is 1. The van der Waals surface area contributed by atoms with Crippen LogP contribution < -0.4 is 0 Å². The summed E-state index contributed by atoms with van der Waals surface area (Å²) in [6.45, 7) is 0. The molecule has 0 aliphatic rings. The molecule has 0 bridgehead atoms. The maximum absolute atomic E-state index is 7.41. The molecule has 4 heavy (non-hydrogen) atoms. The lowest BCUT2D eigenvalue weighted by Crippen LogP contribution is -1.21. The largest absolute Gasteiger partial charge is 0.264 e. The van der Waals surface area contributed by atoms with Crippen LogP contribution in [0.15, 0.2) is 4.91 Å². The van der Waals surface area contributed by atoms with Crippen LogP contribution in [0.4, 0.5) is 0 Å². The molecule has 0 fully saturated rings. The second-order valence-corrected chi connectivity index (χ2v) is 1.12. The fourth-order valence-corrected chi connectivity index (χ4v) is 0. The Morgan fingerprint density at radius 2 is 2.25 bits per heavy atom. The molecule has 0 radical (unpaired) electrons. The van der Waals surface area contributed by atoms with Crippen molar-refractivity contribution in [2.75, 3.05) is 0 Å². The van der Waals surface area contributed by atoms with E-state index in [4.69, 9.17) is 5.21 Å². The van der Waals surface area contributed by atoms with Crippen LogP contribution in [-0.2, 0) is 11.8 Å². The van der Waals surface area contributed by atoms with E-state index < -0.39 is 0 Å². The predicted octanol–water partition coefficient (Wildman–Crippen LogP) is 0.700. The quantitative estimate of drug-likeness (QED) is 0.355. The number of rotatable bonds is 0. The minimum atomic E-state index is -0.0957. The molecule has 24 valence electrons. The summed E-state index contributed by atoms with van der Waals surface area (Å²) in [5.74, 6) is 0. The zero-order valence-corrected chi connectivity index (χ0v) is 3.62. The third kappa shape index (κ3) is 2.28. The predicted molar refractivity (Wildman–Crippen MR) is 19.9 cm³/mol. The molecule has 0 spiro atoms. The van der Waals surface area contributed by atoms with Gasteiger partial charge in [-0.1, -0.05) is 0 Å². The summed E-state index contributed by atoms with van der Waals surface area (Å²) in [6.07, 6.45) is 0. The van der Waals surface area contributed by atoms with Crippen LogP contribution in [0.1, 0.15) is 0 Å². The standard InChI is InChI=1S/H2NOPS/c2-1-3-4/h2-3H. The Morgan fingerprint density at radius 1 is 2.00 bits per heavy atom. The molecular formula is H2NOPS. The van der Waals surface area contributed by atoms with E-state index >= 15 is 0 Å². The second kappa shape index (κ2) is 3.28. The SMILES string of the molecule is ON=[PH]=S. The molecule has 0 aromatic heterocycles. The number of hydrogen-bond donors (Lipinski definition) is 1. The smallest absolute Gasteiger partial charge is 0.0531 e. The summed E-state index contributed by atoms with van der Waals surface area (Å²) < 4.78 is 0. The minimum absolute atomic E-state index is 0.0957. The maximum Gasteiger partial charge on any atom is 0.0531 e. The van der Waals surface area contributed by atoms with Gasteiger partial charge in [0.1, 0.15) is 0 Å². The van der Waals surface area contributed by atoms with Crippen molar-refractivity contribution in [3.63, 3.8) is 0 Å². The van der Waals surface area contributed by atoms with Crippen molar-refractivity contribution in [2.24, 2.45) is 4.91 Å². The summed E-state index contributed by atoms with van der Waals surface area (Å²) in [4.78, 5) is 2.58. The Kier molecular flexibility index (Phi) is 3.51. The first-order valence-electron chi connectivity index (χ1n) is 0.628. The van der Waals surface area contributed by atoms with Crippen molar-refractivity contribution in [1.82, 2.24) is 0 Å². The lowest BCUT2D eigenvalue weighted by molar-refractivity contribution is 0.329. The van der Waals surface area contributed by atoms with Crippen LogP contribution in [0, 0.1) is 0 Å². The van der Waals surface area contributed by atoms with Gasteiger partial charge in [-0.05, 0) is 11.8 Å². The van der Waals surface area contributed by atoms with Gasteiger partial charge in [-0.15, -0.1) is 4.91 Å². The van der Waals surface area contributed by atoms with Gasteiger partial charge < -0.3 is 0 Å². The van der Waals surface area contributed by atoms with Gasteiger partial charge in [-0.2, -0.15) is 0 Å². The first-order valence-corrected chi connectivity index (χ1v) is 2.71. The molecule has 4 heteroatoms. The van der Waals surface area contributed by atoms with E-state index in [1.807, 2.05) is 0 Å². The van der Waals surface area contributed by atoms with Gasteiger partial charge in [0.25, 0.3) is 0 Å². The van der Waals surface area contributed by atoms with Gasteiger partial charge in [0.15, 0.2) is 0 Å². The van der Waals surface area contributed by atoms with E-state index in [1.54, 1.807) is 0 Å². The molecular weight excluding hydrogens is 93.0 g/mol. The summed E-state index contributed by atoms with van der Waals surface area (Å²) in [5.41, 5.74) is 0. The van der Waals surface area contributed by atoms with Crippen LogP contribution in [0.2, 0.25) is 0 Å². The van der Waals surface area contributed by atoms with Gasteiger partial charge in [-0.3, -0.25) is 5.21 Å². The molecule has 0 amide bonds. The molecule has 0 saturated heterocycles. The summed E-state index contributed by atoms with van der Waals surface area (Å²) in [7, 11) is -0.0957. The Morgan fingerprint density at radius 3 is 2.25 bits per heavy atom. The van der Waals surface area contributed by atoms with Crippen molar-refractivity contribution >= 4 is 19.0 Å². The van der Waals surface area contributed by atoms with Crippen molar-refractivity contribution in [3.8, 4) is 0 Å². The van der Waals surface area contributed by atoms with Gasteiger partial charge >= 0.3 is 0 Å². The van der Waals surface area contributed by atoms with Gasteiger partial charge in [0.05, 0.1) is 7.15 Å². The second-order valence-electron chi connectivity index (χ2n) is 0.191. The first kappa shape index (κ1) is 4.28. The fourth-order valence-electron chi connectivity index (χ4n) is 0. The minimum Gasteiger partial charge on any atom is -0.264 e. The van der Waals surface area contributed by atoms with Crippen LogP contribution in [-0.4, -0.2) is 5.21 Å². The highest BCUT2D eigenvalue weighted by molar-refractivity contribution is 7.92. The normalized spacial score (nSPS) is 7.25. The zero-order valence-electron chi connectivity index (χ0n) is 1.80. The average molecular weight is 95.1 g/mol. The van der Waals surface area contributed by atoms with E-state index in [-0.39, 0.29) is 7.15 Å². The van der Waals surface area contributed by atoms with Gasteiger partial charge in [-0.25, -0.2) is 0 Å². The molecule has 0 rings (SSSR count). The molecule has 2 nitrogen and oxygen atoms in total. The van der Waals surface area contributed by atoms with Gasteiger partial charge in [0, 0.05) is 0 Å². The Bertz CT molecular complexity index is 46.0. The topological polar surface area (TPSA) is 32.6 Å². The summed E-state index contributed by atoms with van der Waals surface area (Å²) in [6, 6.07) is 0. The third-order valence-electron chi connectivity index (χ3n) is 0.0408. The van der Waals surface area contributed by atoms with E-state index in [1.165, 1.54) is 0 Å². The first-order chi connectivity index (χ1) is 1.91. The van der Waals surface area contributed by atoms with Crippen LogP contribution in [0.3, 0.4) is 0 Å². The highest BCUT2D eigenvalue weighted by Crippen LogP contribution is 1.67. The lowest BCUT2D eigenvalue weighted by Gasteiger charge is -1.43. The molecule has 0 aliphatic heterocycles. The third-order valence-corrected chi connectivity index (χ3v) is 0.367. The Labute approximate surface area is 30.0 Å². The van der Waals surface area contributed by atoms with Crippen molar-refractivity contribution in [2.45, 2.75) is 0 Å². The van der Waals surface area contributed by atoms with E-state index in [0.717, 1.165) is 0 Å². The molecule has 1 N–H and O–H groups in total. The molecule has 0 heterocycles. The lowest BCUT2D eigenvalue weighted by atomic mass is 13.6. The number of hydrogen-bond acceptors (Lipinski definition) is 2. The molecule has 0 aliphatic carbocycles. The summed E-state index contributed by atoms with van der Waals surface area (Å²) in [5, 5.41) is 7.41. The molecule has 0 aromatic carbocycles. The summed E-state index contributed by atoms with van der Waals surface area (Å²) >= 11 is 4.16. The average Bonchev–Trinajstić information content (AvgIpc) is 1.37. The molecule has 0 aromatic rings. The molecule has 0 saturated carbocycles. The maximum atomic E-state index is 7.41. The fraction of sp³-hybridized carbons (Fsp3) is 0. The monoisotopic (exact) mass is 95.0 g/mol. The van der Waals surface area contributed by atoms with Crippen LogP contribution >= 0.6 is 7.15 Å². The van der Waals surface area contributed by atoms with Crippen molar-refractivity contribution < 1.29 is 5.21 Å². The van der Waals surface area contributed by atoms with Crippen molar-refractivity contribution in [1.29, 1.82) is 0 Å². The van der Waals surface area contributed by atoms with E-state index in [9.17, 15) is 0 Å². The highest BCUT2D eigenvalue weighted by atomic mass is 32.4. The van der Waals surface area contributed by atoms with Crippen LogP contribution in [0.5, 0.6) is 0 Å². The molecule has 1 unspecified atom stereocenters. The molecule has 1 atom stereocenters.